The number of nitrogens with zero attached hydrogens (tertiary/aromatic N) is 3. The van der Waals surface area contributed by atoms with Gasteiger partial charge in [0.05, 0.1) is 0 Å². The molecule has 3 aromatic rings. The molecule has 4 rings (SSSR count). The maximum absolute atomic E-state index is 11.5. The van der Waals surface area contributed by atoms with Crippen LogP contribution in [0.4, 0.5) is 5.82 Å². The summed E-state index contributed by atoms with van der Waals surface area (Å²) >= 11 is 0. The normalized spacial score (nSPS) is 12.0. The minimum atomic E-state index is -0.343. The first kappa shape index (κ1) is 11.8. The SMILES string of the molecule is O=[N+]([O-])c1c(-c2ccccc2)nc2n1Cc1ccccc1-2. The van der Waals surface area contributed by atoms with Crippen molar-refractivity contribution in [2.24, 2.45) is 0 Å². The summed E-state index contributed by atoms with van der Waals surface area (Å²) in [5.74, 6) is 0.739. The number of hydrogen-bond donors (Lipinski definition) is 0. The third-order valence-electron chi connectivity index (χ3n) is 3.75. The zero-order valence-corrected chi connectivity index (χ0v) is 11.1. The Morgan fingerprint density at radius 1 is 1.05 bits per heavy atom. The van der Waals surface area contributed by atoms with Gasteiger partial charge in [0, 0.05) is 16.7 Å². The van der Waals surface area contributed by atoms with Gasteiger partial charge in [-0.25, -0.2) is 4.57 Å². The fraction of sp³-hybridized carbons (Fsp3) is 0.0625. The zero-order chi connectivity index (χ0) is 14.4. The molecule has 0 fully saturated rings. The lowest BCUT2D eigenvalue weighted by Gasteiger charge is -2.01. The second kappa shape index (κ2) is 4.28. The summed E-state index contributed by atoms with van der Waals surface area (Å²) in [5.41, 5.74) is 3.25. The largest absolute Gasteiger partial charge is 0.358 e. The fourth-order valence-corrected chi connectivity index (χ4v) is 2.82. The van der Waals surface area contributed by atoms with Crippen molar-refractivity contribution in [2.75, 3.05) is 0 Å². The van der Waals surface area contributed by atoms with Gasteiger partial charge >= 0.3 is 5.82 Å². The minimum absolute atomic E-state index is 0.0624. The van der Waals surface area contributed by atoms with Gasteiger partial charge in [-0.05, 0) is 11.0 Å². The molecule has 0 radical (unpaired) electrons. The molecule has 0 amide bonds. The van der Waals surface area contributed by atoms with Crippen molar-refractivity contribution in [1.29, 1.82) is 0 Å². The van der Waals surface area contributed by atoms with Crippen molar-refractivity contribution in [1.82, 2.24) is 9.55 Å². The average Bonchev–Trinajstić information content (AvgIpc) is 3.03. The molecule has 2 aromatic carbocycles. The van der Waals surface area contributed by atoms with Gasteiger partial charge < -0.3 is 10.1 Å². The molecule has 21 heavy (non-hydrogen) atoms. The van der Waals surface area contributed by atoms with Crippen LogP contribution in [-0.4, -0.2) is 14.5 Å². The molecule has 5 nitrogen and oxygen atoms in total. The van der Waals surface area contributed by atoms with Crippen LogP contribution in [0.5, 0.6) is 0 Å². The highest BCUT2D eigenvalue weighted by atomic mass is 16.6. The summed E-state index contributed by atoms with van der Waals surface area (Å²) < 4.78 is 1.69. The van der Waals surface area contributed by atoms with E-state index in [1.54, 1.807) is 4.57 Å². The Morgan fingerprint density at radius 2 is 1.76 bits per heavy atom. The first-order valence-corrected chi connectivity index (χ1v) is 6.64. The van der Waals surface area contributed by atoms with E-state index in [9.17, 15) is 10.1 Å². The van der Waals surface area contributed by atoms with Crippen LogP contribution >= 0.6 is 0 Å². The van der Waals surface area contributed by atoms with Gasteiger partial charge in [0.2, 0.25) is 5.82 Å². The molecule has 2 heterocycles. The Morgan fingerprint density at radius 3 is 2.52 bits per heavy atom. The van der Waals surface area contributed by atoms with Crippen LogP contribution in [0.1, 0.15) is 5.56 Å². The summed E-state index contributed by atoms with van der Waals surface area (Å²) in [6, 6.07) is 17.1. The third-order valence-corrected chi connectivity index (χ3v) is 3.75. The summed E-state index contributed by atoms with van der Waals surface area (Å²) in [6.45, 7) is 0.502. The number of rotatable bonds is 2. The number of benzene rings is 2. The van der Waals surface area contributed by atoms with Crippen molar-refractivity contribution >= 4 is 5.82 Å². The third kappa shape index (κ3) is 1.67. The predicted molar refractivity (Wildman–Crippen MR) is 78.9 cm³/mol. The molecule has 0 atom stereocenters. The monoisotopic (exact) mass is 277 g/mol. The zero-order valence-electron chi connectivity index (χ0n) is 11.1. The van der Waals surface area contributed by atoms with Crippen molar-refractivity contribution in [3.8, 4) is 22.6 Å². The quantitative estimate of drug-likeness (QED) is 0.416. The highest BCUT2D eigenvalue weighted by Gasteiger charge is 2.34. The van der Waals surface area contributed by atoms with Crippen LogP contribution in [-0.2, 0) is 6.54 Å². The highest BCUT2D eigenvalue weighted by molar-refractivity contribution is 5.76. The number of hydrogen-bond acceptors (Lipinski definition) is 3. The Hall–Kier alpha value is -2.95. The van der Waals surface area contributed by atoms with Gasteiger partial charge in [-0.3, -0.25) is 0 Å². The Balaban J connectivity index is 1.99. The minimum Gasteiger partial charge on any atom is -0.358 e. The molecule has 0 saturated heterocycles. The van der Waals surface area contributed by atoms with Crippen LogP contribution < -0.4 is 0 Å². The molecule has 0 saturated carbocycles. The van der Waals surface area contributed by atoms with Gasteiger partial charge in [-0.15, -0.1) is 0 Å². The molecule has 5 heteroatoms. The smallest absolute Gasteiger partial charge is 0.351 e. The van der Waals surface area contributed by atoms with E-state index >= 15 is 0 Å². The van der Waals surface area contributed by atoms with E-state index in [1.165, 1.54) is 0 Å². The summed E-state index contributed by atoms with van der Waals surface area (Å²) in [6.07, 6.45) is 0. The summed E-state index contributed by atoms with van der Waals surface area (Å²) in [4.78, 5) is 15.7. The van der Waals surface area contributed by atoms with Crippen LogP contribution in [0.3, 0.4) is 0 Å². The molecule has 0 bridgehead atoms. The standard InChI is InChI=1S/C16H11N3O2/c20-19(21)16-14(11-6-2-1-3-7-11)17-15-13-9-5-4-8-12(13)10-18(15)16/h1-9H,10H2. The lowest BCUT2D eigenvalue weighted by atomic mass is 10.1. The van der Waals surface area contributed by atoms with E-state index in [0.717, 1.165) is 16.7 Å². The van der Waals surface area contributed by atoms with E-state index < -0.39 is 0 Å². The first-order chi connectivity index (χ1) is 10.3. The second-order valence-corrected chi connectivity index (χ2v) is 4.97. The molecule has 0 unspecified atom stereocenters. The molecular formula is C16H11N3O2. The first-order valence-electron chi connectivity index (χ1n) is 6.64. The lowest BCUT2D eigenvalue weighted by Crippen LogP contribution is -2.01. The Kier molecular flexibility index (Phi) is 2.41. The van der Waals surface area contributed by atoms with Crippen molar-refractivity contribution in [2.45, 2.75) is 6.54 Å². The molecular weight excluding hydrogens is 266 g/mol. The van der Waals surface area contributed by atoms with Crippen LogP contribution in [0.15, 0.2) is 54.6 Å². The van der Waals surface area contributed by atoms with Gasteiger partial charge in [-0.1, -0.05) is 48.5 Å². The van der Waals surface area contributed by atoms with Crippen LogP contribution in [0.25, 0.3) is 22.6 Å². The van der Waals surface area contributed by atoms with Gasteiger partial charge in [-0.2, -0.15) is 4.98 Å². The topological polar surface area (TPSA) is 61.0 Å². The van der Waals surface area contributed by atoms with E-state index in [2.05, 4.69) is 4.98 Å². The van der Waals surface area contributed by atoms with E-state index in [-0.39, 0.29) is 10.7 Å². The van der Waals surface area contributed by atoms with E-state index in [4.69, 9.17) is 0 Å². The van der Waals surface area contributed by atoms with E-state index in [1.807, 2.05) is 54.6 Å². The molecule has 102 valence electrons. The van der Waals surface area contributed by atoms with Gasteiger partial charge in [0.25, 0.3) is 0 Å². The molecule has 0 spiro atoms. The molecule has 0 N–H and O–H groups in total. The highest BCUT2D eigenvalue weighted by Crippen LogP contribution is 2.40. The Bertz CT molecular complexity index is 853. The van der Waals surface area contributed by atoms with Crippen LogP contribution in [0.2, 0.25) is 0 Å². The maximum atomic E-state index is 11.5. The van der Waals surface area contributed by atoms with Gasteiger partial charge in [0.1, 0.15) is 6.54 Å². The summed E-state index contributed by atoms with van der Waals surface area (Å²) in [7, 11) is 0. The number of nitro groups is 1. The number of aromatic nitrogens is 2. The Labute approximate surface area is 120 Å². The van der Waals surface area contributed by atoms with Gasteiger partial charge in [0.15, 0.2) is 5.69 Å². The maximum Gasteiger partial charge on any atom is 0.351 e. The average molecular weight is 277 g/mol. The fourth-order valence-electron chi connectivity index (χ4n) is 2.82. The number of fused-ring (bicyclic) bond motifs is 3. The van der Waals surface area contributed by atoms with E-state index in [0.29, 0.717) is 18.1 Å². The van der Waals surface area contributed by atoms with Crippen molar-refractivity contribution in [3.05, 3.63) is 70.3 Å². The molecule has 1 aliphatic rings. The molecule has 1 aliphatic heterocycles. The molecule has 0 aliphatic carbocycles. The van der Waals surface area contributed by atoms with Crippen molar-refractivity contribution in [3.63, 3.8) is 0 Å². The summed E-state index contributed by atoms with van der Waals surface area (Å²) in [5, 5.41) is 11.5. The van der Waals surface area contributed by atoms with Crippen molar-refractivity contribution < 1.29 is 4.92 Å². The lowest BCUT2D eigenvalue weighted by molar-refractivity contribution is -0.391. The number of imidazole rings is 1. The second-order valence-electron chi connectivity index (χ2n) is 4.97. The predicted octanol–water partition coefficient (Wildman–Crippen LogP) is 3.49. The molecule has 1 aromatic heterocycles. The van der Waals surface area contributed by atoms with Crippen LogP contribution in [0, 0.1) is 10.1 Å².